The molecule has 0 aliphatic carbocycles. The molecule has 0 spiro atoms. The first-order valence-corrected chi connectivity index (χ1v) is 7.76. The number of nitrogens with zero attached hydrogens (tertiary/aromatic N) is 1. The van der Waals surface area contributed by atoms with Gasteiger partial charge in [-0.1, -0.05) is 11.6 Å². The van der Waals surface area contributed by atoms with Crippen LogP contribution < -0.4 is 10.6 Å². The molecule has 0 saturated carbocycles. The van der Waals surface area contributed by atoms with Gasteiger partial charge in [0.15, 0.2) is 0 Å². The Morgan fingerprint density at radius 1 is 1.40 bits per heavy atom. The number of ether oxygens (including phenoxy) is 1. The van der Waals surface area contributed by atoms with Gasteiger partial charge in [0.2, 0.25) is 0 Å². The highest BCUT2D eigenvalue weighted by atomic mass is 35.5. The number of hydrogen-bond donors (Lipinski definition) is 1. The first-order chi connectivity index (χ1) is 9.60. The molecule has 1 atom stereocenters. The summed E-state index contributed by atoms with van der Waals surface area (Å²) in [6, 6.07) is 6.32. The van der Waals surface area contributed by atoms with Crippen molar-refractivity contribution < 1.29 is 4.74 Å². The Bertz CT molecular complexity index is 428. The number of piperidine rings is 1. The van der Waals surface area contributed by atoms with E-state index >= 15 is 0 Å². The zero-order valence-corrected chi connectivity index (χ0v) is 13.2. The van der Waals surface area contributed by atoms with Crippen LogP contribution in [0.5, 0.6) is 0 Å². The average Bonchev–Trinajstić information content (AvgIpc) is 2.40. The van der Waals surface area contributed by atoms with Crippen LogP contribution in [0.2, 0.25) is 5.02 Å². The predicted octanol–water partition coefficient (Wildman–Crippen LogP) is 3.09. The Labute approximate surface area is 127 Å². The lowest BCUT2D eigenvalue weighted by Gasteiger charge is -2.34. The fraction of sp³-hybridized carbons (Fsp3) is 0.625. The molecule has 0 bridgehead atoms. The van der Waals surface area contributed by atoms with E-state index < -0.39 is 0 Å². The van der Waals surface area contributed by atoms with Crippen LogP contribution >= 0.6 is 11.6 Å². The van der Waals surface area contributed by atoms with Gasteiger partial charge < -0.3 is 15.4 Å². The maximum Gasteiger partial charge on any atom is 0.0491 e. The molecule has 1 fully saturated rings. The number of hydrogen-bond acceptors (Lipinski definition) is 3. The number of halogens is 1. The summed E-state index contributed by atoms with van der Waals surface area (Å²) in [5.41, 5.74) is 8.51. The molecule has 1 aliphatic heterocycles. The average molecular weight is 297 g/mol. The van der Waals surface area contributed by atoms with E-state index in [2.05, 4.69) is 17.0 Å². The van der Waals surface area contributed by atoms with Gasteiger partial charge in [0, 0.05) is 43.6 Å². The summed E-state index contributed by atoms with van der Waals surface area (Å²) >= 11 is 6.13. The highest BCUT2D eigenvalue weighted by Gasteiger charge is 2.21. The molecule has 0 radical (unpaired) electrons. The second kappa shape index (κ2) is 7.30. The number of rotatable bonds is 5. The summed E-state index contributed by atoms with van der Waals surface area (Å²) in [5.74, 6) is 0.695. The molecular weight excluding hydrogens is 272 g/mol. The molecule has 0 aromatic heterocycles. The Hall–Kier alpha value is -0.770. The lowest BCUT2D eigenvalue weighted by atomic mass is 9.96. The second-order valence-electron chi connectivity index (χ2n) is 5.84. The Morgan fingerprint density at radius 3 is 2.70 bits per heavy atom. The molecule has 0 amide bonds. The molecule has 2 rings (SSSR count). The maximum atomic E-state index is 6.13. The first-order valence-electron chi connectivity index (χ1n) is 7.38. The van der Waals surface area contributed by atoms with Crippen molar-refractivity contribution in [3.8, 4) is 0 Å². The molecule has 1 saturated heterocycles. The summed E-state index contributed by atoms with van der Waals surface area (Å²) in [6.45, 7) is 5.08. The van der Waals surface area contributed by atoms with Crippen molar-refractivity contribution in [1.29, 1.82) is 0 Å². The zero-order chi connectivity index (χ0) is 14.5. The SMILES string of the molecule is COCC1CCN(c2ccc(Cl)cc2CC(C)N)CC1. The van der Waals surface area contributed by atoms with Crippen LogP contribution in [0.3, 0.4) is 0 Å². The zero-order valence-electron chi connectivity index (χ0n) is 12.4. The van der Waals surface area contributed by atoms with E-state index in [4.69, 9.17) is 22.1 Å². The third kappa shape index (κ3) is 4.11. The normalized spacial score (nSPS) is 18.3. The van der Waals surface area contributed by atoms with Crippen LogP contribution in [0.4, 0.5) is 5.69 Å². The van der Waals surface area contributed by atoms with E-state index in [-0.39, 0.29) is 6.04 Å². The van der Waals surface area contributed by atoms with E-state index in [1.165, 1.54) is 24.1 Å². The van der Waals surface area contributed by atoms with Gasteiger partial charge in [-0.3, -0.25) is 0 Å². The topological polar surface area (TPSA) is 38.5 Å². The van der Waals surface area contributed by atoms with Crippen molar-refractivity contribution in [2.45, 2.75) is 32.2 Å². The Kier molecular flexibility index (Phi) is 5.70. The molecule has 1 aliphatic rings. The van der Waals surface area contributed by atoms with Gasteiger partial charge in [-0.2, -0.15) is 0 Å². The first kappa shape index (κ1) is 15.6. The van der Waals surface area contributed by atoms with Crippen LogP contribution in [0, 0.1) is 5.92 Å². The molecule has 1 heterocycles. The van der Waals surface area contributed by atoms with Crippen molar-refractivity contribution in [2.24, 2.45) is 11.7 Å². The minimum absolute atomic E-state index is 0.151. The lowest BCUT2D eigenvalue weighted by molar-refractivity contribution is 0.139. The van der Waals surface area contributed by atoms with Crippen molar-refractivity contribution in [3.63, 3.8) is 0 Å². The largest absolute Gasteiger partial charge is 0.384 e. The minimum atomic E-state index is 0.151. The summed E-state index contributed by atoms with van der Waals surface area (Å²) in [6.07, 6.45) is 3.25. The van der Waals surface area contributed by atoms with Crippen LogP contribution in [0.1, 0.15) is 25.3 Å². The van der Waals surface area contributed by atoms with Crippen molar-refractivity contribution in [3.05, 3.63) is 28.8 Å². The van der Waals surface area contributed by atoms with E-state index in [1.54, 1.807) is 7.11 Å². The smallest absolute Gasteiger partial charge is 0.0491 e. The van der Waals surface area contributed by atoms with E-state index in [9.17, 15) is 0 Å². The van der Waals surface area contributed by atoms with Gasteiger partial charge >= 0.3 is 0 Å². The molecule has 1 aromatic rings. The summed E-state index contributed by atoms with van der Waals surface area (Å²) in [7, 11) is 1.78. The molecule has 112 valence electrons. The third-order valence-corrected chi connectivity index (χ3v) is 4.18. The number of anilines is 1. The van der Waals surface area contributed by atoms with E-state index in [0.29, 0.717) is 5.92 Å². The number of benzene rings is 1. The van der Waals surface area contributed by atoms with Crippen LogP contribution in [-0.4, -0.2) is 32.8 Å². The highest BCUT2D eigenvalue weighted by molar-refractivity contribution is 6.30. The van der Waals surface area contributed by atoms with Gasteiger partial charge in [0.1, 0.15) is 0 Å². The fourth-order valence-corrected chi connectivity index (χ4v) is 3.14. The van der Waals surface area contributed by atoms with Crippen molar-refractivity contribution >= 4 is 17.3 Å². The van der Waals surface area contributed by atoms with Crippen LogP contribution in [-0.2, 0) is 11.2 Å². The van der Waals surface area contributed by atoms with Gasteiger partial charge in [0.25, 0.3) is 0 Å². The molecule has 20 heavy (non-hydrogen) atoms. The van der Waals surface area contributed by atoms with Gasteiger partial charge in [-0.25, -0.2) is 0 Å². The fourth-order valence-electron chi connectivity index (χ4n) is 2.95. The summed E-state index contributed by atoms with van der Waals surface area (Å²) < 4.78 is 5.26. The number of nitrogens with two attached hydrogens (primary N) is 1. The standard InChI is InChI=1S/C16H25ClN2O/c1-12(18)9-14-10-15(17)3-4-16(14)19-7-5-13(6-8-19)11-20-2/h3-4,10,12-13H,5-9,11,18H2,1-2H3. The third-order valence-electron chi connectivity index (χ3n) is 3.94. The van der Waals surface area contributed by atoms with Gasteiger partial charge in [0.05, 0.1) is 0 Å². The van der Waals surface area contributed by atoms with Crippen LogP contribution in [0.25, 0.3) is 0 Å². The molecule has 3 nitrogen and oxygen atoms in total. The van der Waals surface area contributed by atoms with Gasteiger partial charge in [-0.05, 0) is 55.9 Å². The Balaban J connectivity index is 2.09. The maximum absolute atomic E-state index is 6.13. The quantitative estimate of drug-likeness (QED) is 0.907. The minimum Gasteiger partial charge on any atom is -0.384 e. The molecule has 2 N–H and O–H groups in total. The molecule has 4 heteroatoms. The summed E-state index contributed by atoms with van der Waals surface area (Å²) in [4.78, 5) is 2.46. The summed E-state index contributed by atoms with van der Waals surface area (Å²) in [5, 5.41) is 0.790. The predicted molar refractivity (Wildman–Crippen MR) is 85.6 cm³/mol. The van der Waals surface area contributed by atoms with Crippen LogP contribution in [0.15, 0.2) is 18.2 Å². The van der Waals surface area contributed by atoms with E-state index in [0.717, 1.165) is 31.1 Å². The van der Waals surface area contributed by atoms with Crippen molar-refractivity contribution in [1.82, 2.24) is 0 Å². The molecular formula is C16H25ClN2O. The molecule has 1 aromatic carbocycles. The van der Waals surface area contributed by atoms with Gasteiger partial charge in [-0.15, -0.1) is 0 Å². The van der Waals surface area contributed by atoms with E-state index in [1.807, 2.05) is 13.0 Å². The monoisotopic (exact) mass is 296 g/mol. The lowest BCUT2D eigenvalue weighted by Crippen LogP contribution is -2.36. The number of methoxy groups -OCH3 is 1. The molecule has 1 unspecified atom stereocenters. The highest BCUT2D eigenvalue weighted by Crippen LogP contribution is 2.29. The Morgan fingerprint density at radius 2 is 2.10 bits per heavy atom. The van der Waals surface area contributed by atoms with Crippen molar-refractivity contribution in [2.75, 3.05) is 31.7 Å². The second-order valence-corrected chi connectivity index (χ2v) is 6.28.